The molecule has 0 rings (SSSR count). The fourth-order valence-corrected chi connectivity index (χ4v) is 0. The van der Waals surface area contributed by atoms with Gasteiger partial charge in [0.05, 0.1) is 0 Å². The van der Waals surface area contributed by atoms with Gasteiger partial charge in [0.1, 0.15) is 0 Å². The quantitative estimate of drug-likeness (QED) is 0.174. The van der Waals surface area contributed by atoms with E-state index in [2.05, 4.69) is 0 Å². The molecule has 0 aliphatic heterocycles. The van der Waals surface area contributed by atoms with Crippen molar-refractivity contribution in [3.63, 3.8) is 0 Å². The van der Waals surface area contributed by atoms with Crippen LogP contribution < -0.4 is 29.6 Å². The van der Waals surface area contributed by atoms with Gasteiger partial charge in [0.15, 0.2) is 0 Å². The molecule has 0 aliphatic rings. The first-order chi connectivity index (χ1) is 1.41. The molecule has 0 amide bonds. The Bertz CT molecular complexity index is 31.8. The molecule has 26 valence electrons. The molecule has 0 N–H and O–H groups in total. The summed E-state index contributed by atoms with van der Waals surface area (Å²) in [6.45, 7) is 0. The van der Waals surface area contributed by atoms with E-state index in [1.54, 1.807) is 0 Å². The smallest absolute Gasteiger partial charge is 1.00 e. The summed E-state index contributed by atoms with van der Waals surface area (Å²) in [4.78, 5) is 1.50. The Kier molecular flexibility index (Phi) is 73.3. The second-order valence-corrected chi connectivity index (χ2v) is 0.0894. The van der Waals surface area contributed by atoms with E-state index >= 15 is 0 Å². The van der Waals surface area contributed by atoms with Crippen LogP contribution in [0, 0.1) is 0 Å². The molecule has 0 spiro atoms. The van der Waals surface area contributed by atoms with Gasteiger partial charge in [0, 0.05) is 0 Å². The predicted molar refractivity (Wildman–Crippen MR) is 21.5 cm³/mol. The van der Waals surface area contributed by atoms with E-state index in [9.17, 15) is 0 Å². The Hall–Kier alpha value is 0.790. The molecule has 0 unspecified atom stereocenters. The first-order valence-electron chi connectivity index (χ1n) is 0.400. The van der Waals surface area contributed by atoms with Gasteiger partial charge in [0.25, 0.3) is 0 Å². The zero-order chi connectivity index (χ0) is 2.71. The molecule has 5 heavy (non-hydrogen) atoms. The molecule has 5 heteroatoms. The Labute approximate surface area is 63.7 Å². The van der Waals surface area contributed by atoms with Crippen molar-refractivity contribution in [1.29, 1.82) is 0 Å². The van der Waals surface area contributed by atoms with Crippen LogP contribution in [-0.4, -0.2) is 0 Å². The summed E-state index contributed by atoms with van der Waals surface area (Å²) < 4.78 is 0. The van der Waals surface area contributed by atoms with Crippen LogP contribution in [0.4, 0.5) is 0 Å². The van der Waals surface area contributed by atoms with E-state index in [0.29, 0.717) is 0 Å². The van der Waals surface area contributed by atoms with Crippen molar-refractivity contribution in [1.82, 2.24) is 0 Å². The van der Waals surface area contributed by atoms with Crippen LogP contribution in [0.1, 0.15) is 1.43 Å². The molecule has 0 aromatic carbocycles. The molecular formula is H2BrN3Na-. The van der Waals surface area contributed by atoms with E-state index in [0.717, 1.165) is 0 Å². The van der Waals surface area contributed by atoms with Gasteiger partial charge in [-0.1, -0.05) is 0 Å². The first-order valence-corrected chi connectivity index (χ1v) is 0.400. The topological polar surface area (TPSA) is 58.7 Å². The Morgan fingerprint density at radius 1 is 1.40 bits per heavy atom. The zero-order valence-electron chi connectivity index (χ0n) is 3.75. The van der Waals surface area contributed by atoms with Gasteiger partial charge in [-0.15, -0.1) is 17.0 Å². The molecular weight excluding hydrogens is 145 g/mol. The third-order valence-electron chi connectivity index (χ3n) is 0. The van der Waals surface area contributed by atoms with Gasteiger partial charge in [-0.05, 0) is 0 Å². The van der Waals surface area contributed by atoms with Crippen molar-refractivity contribution in [3.05, 3.63) is 16.0 Å². The molecule has 0 bridgehead atoms. The predicted octanol–water partition coefficient (Wildman–Crippen LogP) is -1.44. The molecule has 0 heterocycles. The summed E-state index contributed by atoms with van der Waals surface area (Å²) in [6.07, 6.45) is 0. The minimum Gasteiger partial charge on any atom is -1.00 e. The van der Waals surface area contributed by atoms with Crippen molar-refractivity contribution in [2.24, 2.45) is 0 Å². The molecule has 0 aliphatic carbocycles. The average Bonchev–Trinajstić information content (AvgIpc) is 0.918. The van der Waals surface area contributed by atoms with E-state index < -0.39 is 0 Å². The number of hydrogen-bond donors (Lipinski definition) is 0. The summed E-state index contributed by atoms with van der Waals surface area (Å²) in [5.41, 5.74) is 13.5. The van der Waals surface area contributed by atoms with Crippen LogP contribution in [0.2, 0.25) is 0 Å². The third kappa shape index (κ3) is 59.7. The molecule has 0 radical (unpaired) electrons. The molecule has 0 aromatic heterocycles. The van der Waals surface area contributed by atoms with Crippen LogP contribution in [0.15, 0.2) is 0 Å². The fourth-order valence-electron chi connectivity index (χ4n) is 0. The van der Waals surface area contributed by atoms with Gasteiger partial charge in [-0.25, -0.2) is 0 Å². The summed E-state index contributed by atoms with van der Waals surface area (Å²) in [6, 6.07) is 0. The summed E-state index contributed by atoms with van der Waals surface area (Å²) in [5, 5.41) is 0. The third-order valence-corrected chi connectivity index (χ3v) is 0. The number of nitrogens with zero attached hydrogens (tertiary/aromatic N) is 3. The Morgan fingerprint density at radius 2 is 1.40 bits per heavy atom. The second-order valence-electron chi connectivity index (χ2n) is 0.0894. The van der Waals surface area contributed by atoms with Gasteiger partial charge < -0.3 is 12.5 Å². The summed E-state index contributed by atoms with van der Waals surface area (Å²) in [7, 11) is 0. The fraction of sp³-hybridized carbons (Fsp3) is 0. The molecule has 0 aromatic rings. The zero-order valence-corrected chi connectivity index (χ0v) is 6.46. The SMILES string of the molecule is Br.[H-].[N-]=[N+]=[N-].[Na+]. The maximum Gasteiger partial charge on any atom is 1.00 e. The van der Waals surface area contributed by atoms with Crippen LogP contribution in [0.5, 0.6) is 0 Å². The van der Waals surface area contributed by atoms with Gasteiger partial charge >= 0.3 is 29.6 Å². The average molecular weight is 147 g/mol. The summed E-state index contributed by atoms with van der Waals surface area (Å²) >= 11 is 0. The van der Waals surface area contributed by atoms with Crippen molar-refractivity contribution in [3.8, 4) is 0 Å². The molecule has 0 fully saturated rings. The molecule has 3 nitrogen and oxygen atoms in total. The molecule has 0 saturated heterocycles. The van der Waals surface area contributed by atoms with Crippen molar-refractivity contribution in [2.75, 3.05) is 0 Å². The minimum atomic E-state index is 0. The van der Waals surface area contributed by atoms with Crippen LogP contribution in [0.3, 0.4) is 0 Å². The van der Waals surface area contributed by atoms with E-state index in [1.165, 1.54) is 4.91 Å². The van der Waals surface area contributed by atoms with Gasteiger partial charge in [-0.2, -0.15) is 0 Å². The van der Waals surface area contributed by atoms with Crippen LogP contribution in [0.25, 0.3) is 16.0 Å². The second kappa shape index (κ2) is 21.5. The standard InChI is InChI=1S/BrH.N3.Na.H/c;1-3-2;;/h1H;;;/q;-1;+1;-1. The number of hydrogen-bond acceptors (Lipinski definition) is 0. The first kappa shape index (κ1) is 17.1. The van der Waals surface area contributed by atoms with E-state index in [1.807, 2.05) is 0 Å². The monoisotopic (exact) mass is 146 g/mol. The van der Waals surface area contributed by atoms with Gasteiger partial charge in [-0.3, -0.25) is 4.91 Å². The largest absolute Gasteiger partial charge is 1.00 e. The van der Waals surface area contributed by atoms with E-state index in [4.69, 9.17) is 11.1 Å². The molecule has 0 saturated carbocycles. The Balaban J connectivity index is -0.00000000667. The minimum absolute atomic E-state index is 0. The maximum atomic E-state index is 6.75. The Morgan fingerprint density at radius 3 is 1.40 bits per heavy atom. The number of rotatable bonds is 0. The maximum absolute atomic E-state index is 6.75. The van der Waals surface area contributed by atoms with Gasteiger partial charge in [0.2, 0.25) is 0 Å². The summed E-state index contributed by atoms with van der Waals surface area (Å²) in [5.74, 6) is 0. The van der Waals surface area contributed by atoms with Crippen molar-refractivity contribution >= 4 is 17.0 Å². The van der Waals surface area contributed by atoms with Crippen molar-refractivity contribution in [2.45, 2.75) is 0 Å². The van der Waals surface area contributed by atoms with Crippen LogP contribution >= 0.6 is 17.0 Å². The number of halogens is 1. The normalized spacial score (nSPS) is 1.60. The van der Waals surface area contributed by atoms with E-state index in [-0.39, 0.29) is 48.0 Å². The van der Waals surface area contributed by atoms with Crippen molar-refractivity contribution < 1.29 is 31.0 Å². The van der Waals surface area contributed by atoms with Crippen LogP contribution in [-0.2, 0) is 0 Å². The molecule has 0 atom stereocenters.